The lowest BCUT2D eigenvalue weighted by Crippen LogP contribution is -2.17. The molecule has 1 aliphatic rings. The third-order valence-electron chi connectivity index (χ3n) is 3.63. The Balaban J connectivity index is 1.54. The summed E-state index contributed by atoms with van der Waals surface area (Å²) < 4.78 is 7.08. The van der Waals surface area contributed by atoms with Gasteiger partial charge in [0.2, 0.25) is 0 Å². The fourth-order valence-electron chi connectivity index (χ4n) is 2.25. The van der Waals surface area contributed by atoms with E-state index in [0.29, 0.717) is 0 Å². The molecule has 3 rings (SSSR count). The van der Waals surface area contributed by atoms with Gasteiger partial charge in [0.05, 0.1) is 19.0 Å². The van der Waals surface area contributed by atoms with E-state index < -0.39 is 0 Å². The topological polar surface area (TPSA) is 39.1 Å². The van der Waals surface area contributed by atoms with E-state index in [0.717, 1.165) is 30.4 Å². The lowest BCUT2D eigenvalue weighted by Gasteiger charge is -2.03. The molecule has 0 saturated heterocycles. The molecule has 4 heteroatoms. The number of ether oxygens (including phenoxy) is 1. The predicted molar refractivity (Wildman–Crippen MR) is 79.5 cm³/mol. The minimum absolute atomic E-state index is 0.803. The number of aryl methyl sites for hydroxylation is 1. The molecule has 0 unspecified atom stereocenters. The van der Waals surface area contributed by atoms with Gasteiger partial charge >= 0.3 is 0 Å². The van der Waals surface area contributed by atoms with Crippen molar-refractivity contribution in [3.63, 3.8) is 0 Å². The highest BCUT2D eigenvalue weighted by Crippen LogP contribution is 2.18. The summed E-state index contributed by atoms with van der Waals surface area (Å²) >= 11 is 0. The van der Waals surface area contributed by atoms with Gasteiger partial charge in [0.15, 0.2) is 0 Å². The Kier molecular flexibility index (Phi) is 4.02. The second kappa shape index (κ2) is 6.09. The highest BCUT2D eigenvalue weighted by atomic mass is 16.5. The van der Waals surface area contributed by atoms with Crippen molar-refractivity contribution in [2.75, 3.05) is 13.7 Å². The molecule has 0 radical (unpaired) electrons. The standard InChI is InChI=1S/C16H21N3O/c1-20-16-8-6-15(7-9-16)19-12-13(11-18-19)3-2-10-17-14-4-5-14/h6-9,11-12,14,17H,2-5,10H2,1H3. The number of nitrogens with one attached hydrogen (secondary N) is 1. The number of methoxy groups -OCH3 is 1. The maximum Gasteiger partial charge on any atom is 0.119 e. The normalized spacial score (nSPS) is 14.4. The van der Waals surface area contributed by atoms with Crippen LogP contribution in [0.1, 0.15) is 24.8 Å². The van der Waals surface area contributed by atoms with E-state index in [1.54, 1.807) is 7.11 Å². The number of aromatic nitrogens is 2. The molecule has 0 amide bonds. The molecular formula is C16H21N3O. The number of nitrogens with zero attached hydrogens (tertiary/aromatic N) is 2. The Hall–Kier alpha value is -1.81. The van der Waals surface area contributed by atoms with Crippen molar-refractivity contribution in [1.82, 2.24) is 15.1 Å². The van der Waals surface area contributed by atoms with E-state index in [1.165, 1.54) is 24.8 Å². The Labute approximate surface area is 119 Å². The summed E-state index contributed by atoms with van der Waals surface area (Å²) in [6, 6.07) is 8.75. The quantitative estimate of drug-likeness (QED) is 0.787. The van der Waals surface area contributed by atoms with Crippen molar-refractivity contribution in [3.8, 4) is 11.4 Å². The van der Waals surface area contributed by atoms with Gasteiger partial charge < -0.3 is 10.1 Å². The monoisotopic (exact) mass is 271 g/mol. The van der Waals surface area contributed by atoms with Gasteiger partial charge in [-0.2, -0.15) is 5.10 Å². The molecule has 20 heavy (non-hydrogen) atoms. The van der Waals surface area contributed by atoms with Crippen LogP contribution in [-0.4, -0.2) is 29.5 Å². The molecular weight excluding hydrogens is 250 g/mol. The van der Waals surface area contributed by atoms with E-state index in [2.05, 4.69) is 16.6 Å². The molecule has 1 aliphatic carbocycles. The van der Waals surface area contributed by atoms with Gasteiger partial charge in [0.25, 0.3) is 0 Å². The molecule has 0 atom stereocenters. The summed E-state index contributed by atoms with van der Waals surface area (Å²) in [6.45, 7) is 1.11. The minimum Gasteiger partial charge on any atom is -0.497 e. The Morgan fingerprint density at radius 3 is 2.80 bits per heavy atom. The van der Waals surface area contributed by atoms with Gasteiger partial charge in [-0.1, -0.05) is 0 Å². The van der Waals surface area contributed by atoms with Crippen LogP contribution in [0.4, 0.5) is 0 Å². The average Bonchev–Trinajstić information content (AvgIpc) is 3.20. The van der Waals surface area contributed by atoms with Crippen LogP contribution < -0.4 is 10.1 Å². The molecule has 0 aliphatic heterocycles. The molecule has 1 fully saturated rings. The van der Waals surface area contributed by atoms with Gasteiger partial charge in [-0.25, -0.2) is 4.68 Å². The zero-order valence-corrected chi connectivity index (χ0v) is 11.9. The fourth-order valence-corrected chi connectivity index (χ4v) is 2.25. The zero-order valence-electron chi connectivity index (χ0n) is 11.9. The van der Waals surface area contributed by atoms with Crippen molar-refractivity contribution in [1.29, 1.82) is 0 Å². The van der Waals surface area contributed by atoms with Crippen molar-refractivity contribution in [2.45, 2.75) is 31.7 Å². The highest BCUT2D eigenvalue weighted by molar-refractivity contribution is 5.37. The maximum atomic E-state index is 5.16. The molecule has 4 nitrogen and oxygen atoms in total. The second-order valence-corrected chi connectivity index (χ2v) is 5.32. The molecule has 106 valence electrons. The molecule has 1 aromatic heterocycles. The molecule has 1 heterocycles. The lowest BCUT2D eigenvalue weighted by atomic mass is 10.2. The highest BCUT2D eigenvalue weighted by Gasteiger charge is 2.19. The third-order valence-corrected chi connectivity index (χ3v) is 3.63. The van der Waals surface area contributed by atoms with Gasteiger partial charge in [0, 0.05) is 12.2 Å². The van der Waals surface area contributed by atoms with Crippen molar-refractivity contribution >= 4 is 0 Å². The summed E-state index contributed by atoms with van der Waals surface area (Å²) in [5.41, 5.74) is 2.35. The molecule has 1 saturated carbocycles. The SMILES string of the molecule is COc1ccc(-n2cc(CCCNC3CC3)cn2)cc1. The Bertz CT molecular complexity index is 543. The summed E-state index contributed by atoms with van der Waals surface area (Å²) in [4.78, 5) is 0. The first-order valence-electron chi connectivity index (χ1n) is 7.26. The molecule has 0 bridgehead atoms. The largest absolute Gasteiger partial charge is 0.497 e. The van der Waals surface area contributed by atoms with Gasteiger partial charge in [-0.15, -0.1) is 0 Å². The third kappa shape index (κ3) is 3.39. The number of rotatable bonds is 7. The summed E-state index contributed by atoms with van der Waals surface area (Å²) in [7, 11) is 1.68. The molecule has 1 aromatic carbocycles. The fraction of sp³-hybridized carbons (Fsp3) is 0.438. The first-order chi connectivity index (χ1) is 9.85. The minimum atomic E-state index is 0.803. The van der Waals surface area contributed by atoms with Crippen molar-refractivity contribution in [3.05, 3.63) is 42.2 Å². The summed E-state index contributed by atoms with van der Waals surface area (Å²) in [5, 5.41) is 7.96. The second-order valence-electron chi connectivity index (χ2n) is 5.32. The van der Waals surface area contributed by atoms with E-state index in [1.807, 2.05) is 35.1 Å². The Morgan fingerprint density at radius 2 is 2.10 bits per heavy atom. The maximum absolute atomic E-state index is 5.16. The number of hydrogen-bond donors (Lipinski definition) is 1. The van der Waals surface area contributed by atoms with Crippen molar-refractivity contribution in [2.24, 2.45) is 0 Å². The average molecular weight is 271 g/mol. The van der Waals surface area contributed by atoms with Gasteiger partial charge in [0.1, 0.15) is 5.75 Å². The molecule has 0 spiro atoms. The molecule has 2 aromatic rings. The molecule has 1 N–H and O–H groups in total. The van der Waals surface area contributed by atoms with E-state index in [4.69, 9.17) is 4.74 Å². The van der Waals surface area contributed by atoms with Crippen LogP contribution in [-0.2, 0) is 6.42 Å². The first kappa shape index (κ1) is 13.2. The summed E-state index contributed by atoms with van der Waals surface area (Å²) in [6.07, 6.45) is 9.03. The van der Waals surface area contributed by atoms with Crippen LogP contribution in [0, 0.1) is 0 Å². The van der Waals surface area contributed by atoms with Gasteiger partial charge in [-0.05, 0) is 62.1 Å². The van der Waals surface area contributed by atoms with Crippen LogP contribution in [0.5, 0.6) is 5.75 Å². The van der Waals surface area contributed by atoms with Crippen LogP contribution in [0.25, 0.3) is 5.69 Å². The van der Waals surface area contributed by atoms with Gasteiger partial charge in [-0.3, -0.25) is 0 Å². The zero-order chi connectivity index (χ0) is 13.8. The Morgan fingerprint density at radius 1 is 1.30 bits per heavy atom. The van der Waals surface area contributed by atoms with Crippen LogP contribution in [0.2, 0.25) is 0 Å². The lowest BCUT2D eigenvalue weighted by molar-refractivity contribution is 0.414. The van der Waals surface area contributed by atoms with E-state index in [-0.39, 0.29) is 0 Å². The number of benzene rings is 1. The van der Waals surface area contributed by atoms with E-state index in [9.17, 15) is 0 Å². The predicted octanol–water partition coefficient (Wildman–Crippen LogP) is 2.57. The van der Waals surface area contributed by atoms with Crippen LogP contribution >= 0.6 is 0 Å². The van der Waals surface area contributed by atoms with E-state index >= 15 is 0 Å². The van der Waals surface area contributed by atoms with Crippen molar-refractivity contribution < 1.29 is 4.74 Å². The summed E-state index contributed by atoms with van der Waals surface area (Å²) in [5.74, 6) is 0.868. The first-order valence-corrected chi connectivity index (χ1v) is 7.26. The smallest absolute Gasteiger partial charge is 0.119 e. The van der Waals surface area contributed by atoms with Crippen LogP contribution in [0.15, 0.2) is 36.7 Å². The van der Waals surface area contributed by atoms with Crippen LogP contribution in [0.3, 0.4) is 0 Å². The number of hydrogen-bond acceptors (Lipinski definition) is 3.